The third kappa shape index (κ3) is 2.57. The molecule has 2 amide bonds. The smallest absolute Gasteiger partial charge is 0.246 e. The Bertz CT molecular complexity index is 386. The first-order valence-electron chi connectivity index (χ1n) is 8.35. The maximum absolute atomic E-state index is 12.8. The lowest BCUT2D eigenvalue weighted by molar-refractivity contribution is -0.154. The molecule has 0 aromatic heterocycles. The summed E-state index contributed by atoms with van der Waals surface area (Å²) in [5.41, 5.74) is 0. The molecule has 2 saturated carbocycles. The Balaban J connectivity index is 1.81. The molecule has 0 radical (unpaired) electrons. The van der Waals surface area contributed by atoms with Gasteiger partial charge in [0.25, 0.3) is 0 Å². The van der Waals surface area contributed by atoms with Crippen LogP contribution in [0.5, 0.6) is 0 Å². The fraction of sp³-hybridized carbons (Fsp3) is 0.875. The minimum atomic E-state index is -0.225. The Labute approximate surface area is 121 Å². The van der Waals surface area contributed by atoms with Crippen LogP contribution < -0.4 is 5.32 Å². The Morgan fingerprint density at radius 1 is 1.10 bits per heavy atom. The number of amides is 2. The molecule has 2 unspecified atom stereocenters. The highest BCUT2D eigenvalue weighted by atomic mass is 16.2. The molecule has 112 valence electrons. The number of hydrogen-bond donors (Lipinski definition) is 1. The van der Waals surface area contributed by atoms with Crippen molar-refractivity contribution in [3.05, 3.63) is 0 Å². The number of carbonyl (C=O) groups is 2. The number of piperazine rings is 1. The lowest BCUT2D eigenvalue weighted by Gasteiger charge is -2.45. The van der Waals surface area contributed by atoms with Crippen LogP contribution in [0.25, 0.3) is 0 Å². The summed E-state index contributed by atoms with van der Waals surface area (Å²) in [5, 5.41) is 3.00. The second-order valence-corrected chi connectivity index (χ2v) is 6.67. The second kappa shape index (κ2) is 5.74. The van der Waals surface area contributed by atoms with E-state index < -0.39 is 0 Å². The summed E-state index contributed by atoms with van der Waals surface area (Å²) in [7, 11) is 0. The van der Waals surface area contributed by atoms with E-state index in [9.17, 15) is 9.59 Å². The zero-order chi connectivity index (χ0) is 14.1. The molecule has 1 heterocycles. The summed E-state index contributed by atoms with van der Waals surface area (Å²) < 4.78 is 0. The highest BCUT2D eigenvalue weighted by Crippen LogP contribution is 2.37. The van der Waals surface area contributed by atoms with Gasteiger partial charge in [0, 0.05) is 6.04 Å². The van der Waals surface area contributed by atoms with Gasteiger partial charge in [0.2, 0.25) is 11.8 Å². The van der Waals surface area contributed by atoms with Gasteiger partial charge in [0.1, 0.15) is 12.1 Å². The van der Waals surface area contributed by atoms with Gasteiger partial charge in [-0.25, -0.2) is 0 Å². The molecule has 0 bridgehead atoms. The first kappa shape index (κ1) is 13.9. The van der Waals surface area contributed by atoms with Crippen LogP contribution in [0.1, 0.15) is 64.7 Å². The van der Waals surface area contributed by atoms with E-state index in [0.29, 0.717) is 12.0 Å². The molecule has 0 spiro atoms. The SMILES string of the molecule is CCCC1C(=O)NC(C2CC2)C(=O)N1C1CCCCC1. The van der Waals surface area contributed by atoms with Crippen molar-refractivity contribution in [3.8, 4) is 0 Å². The third-order valence-corrected chi connectivity index (χ3v) is 5.08. The molecule has 1 aliphatic heterocycles. The van der Waals surface area contributed by atoms with Crippen molar-refractivity contribution in [2.24, 2.45) is 5.92 Å². The summed E-state index contributed by atoms with van der Waals surface area (Å²) in [6, 6.07) is -0.136. The van der Waals surface area contributed by atoms with Crippen molar-refractivity contribution in [3.63, 3.8) is 0 Å². The highest BCUT2D eigenvalue weighted by molar-refractivity contribution is 5.97. The van der Waals surface area contributed by atoms with Crippen molar-refractivity contribution in [1.82, 2.24) is 10.2 Å². The molecule has 0 aromatic rings. The quantitative estimate of drug-likeness (QED) is 0.857. The van der Waals surface area contributed by atoms with Crippen molar-refractivity contribution in [2.75, 3.05) is 0 Å². The molecular formula is C16H26N2O2. The number of hydrogen-bond acceptors (Lipinski definition) is 2. The maximum atomic E-state index is 12.8. The van der Waals surface area contributed by atoms with Crippen LogP contribution >= 0.6 is 0 Å². The molecule has 2 aliphatic carbocycles. The normalized spacial score (nSPS) is 32.4. The van der Waals surface area contributed by atoms with Gasteiger partial charge in [-0.3, -0.25) is 9.59 Å². The lowest BCUT2D eigenvalue weighted by Crippen LogP contribution is -2.66. The van der Waals surface area contributed by atoms with Gasteiger partial charge in [-0.05, 0) is 38.0 Å². The average Bonchev–Trinajstić information content (AvgIpc) is 3.28. The van der Waals surface area contributed by atoms with Crippen molar-refractivity contribution in [2.45, 2.75) is 82.8 Å². The topological polar surface area (TPSA) is 49.4 Å². The zero-order valence-electron chi connectivity index (χ0n) is 12.4. The minimum Gasteiger partial charge on any atom is -0.342 e. The Morgan fingerprint density at radius 3 is 2.40 bits per heavy atom. The van der Waals surface area contributed by atoms with Crippen molar-refractivity contribution in [1.29, 1.82) is 0 Å². The van der Waals surface area contributed by atoms with Crippen LogP contribution in [0, 0.1) is 5.92 Å². The van der Waals surface area contributed by atoms with Gasteiger partial charge in [-0.1, -0.05) is 32.6 Å². The molecule has 3 fully saturated rings. The number of nitrogens with zero attached hydrogens (tertiary/aromatic N) is 1. The second-order valence-electron chi connectivity index (χ2n) is 6.67. The summed E-state index contributed by atoms with van der Waals surface area (Å²) >= 11 is 0. The van der Waals surface area contributed by atoms with Crippen LogP contribution in [0.2, 0.25) is 0 Å². The van der Waals surface area contributed by atoms with E-state index >= 15 is 0 Å². The summed E-state index contributed by atoms with van der Waals surface area (Å²) in [5.74, 6) is 0.700. The van der Waals surface area contributed by atoms with Gasteiger partial charge in [-0.2, -0.15) is 0 Å². The number of nitrogens with one attached hydrogen (secondary N) is 1. The first-order chi connectivity index (χ1) is 9.72. The largest absolute Gasteiger partial charge is 0.342 e. The minimum absolute atomic E-state index is 0.0916. The standard InChI is InChI=1S/C16H26N2O2/c1-2-6-13-15(19)17-14(11-9-10-11)16(20)18(13)12-7-4-3-5-8-12/h11-14H,2-10H2,1H3,(H,17,19). The molecule has 1 N–H and O–H groups in total. The van der Waals surface area contributed by atoms with E-state index in [4.69, 9.17) is 0 Å². The van der Waals surface area contributed by atoms with Crippen LogP contribution in [0.4, 0.5) is 0 Å². The first-order valence-corrected chi connectivity index (χ1v) is 8.35. The highest BCUT2D eigenvalue weighted by Gasteiger charge is 2.48. The molecule has 4 nitrogen and oxygen atoms in total. The molecular weight excluding hydrogens is 252 g/mol. The maximum Gasteiger partial charge on any atom is 0.246 e. The molecule has 3 rings (SSSR count). The fourth-order valence-electron chi connectivity index (χ4n) is 3.84. The number of rotatable bonds is 4. The van der Waals surface area contributed by atoms with Crippen LogP contribution in [0.15, 0.2) is 0 Å². The van der Waals surface area contributed by atoms with Gasteiger partial charge >= 0.3 is 0 Å². The van der Waals surface area contributed by atoms with Crippen molar-refractivity contribution >= 4 is 11.8 Å². The Morgan fingerprint density at radius 2 is 1.80 bits per heavy atom. The molecule has 1 saturated heterocycles. The van der Waals surface area contributed by atoms with Crippen LogP contribution in [0.3, 0.4) is 0 Å². The van der Waals surface area contributed by atoms with Gasteiger partial charge < -0.3 is 10.2 Å². The van der Waals surface area contributed by atoms with E-state index in [2.05, 4.69) is 12.2 Å². The summed E-state index contributed by atoms with van der Waals surface area (Å²) in [4.78, 5) is 27.3. The van der Waals surface area contributed by atoms with E-state index in [1.165, 1.54) is 19.3 Å². The third-order valence-electron chi connectivity index (χ3n) is 5.08. The van der Waals surface area contributed by atoms with Crippen molar-refractivity contribution < 1.29 is 9.59 Å². The monoisotopic (exact) mass is 278 g/mol. The van der Waals surface area contributed by atoms with E-state index in [1.54, 1.807) is 0 Å². The average molecular weight is 278 g/mol. The van der Waals surface area contributed by atoms with E-state index in [1.807, 2.05) is 4.90 Å². The molecule has 3 aliphatic rings. The summed E-state index contributed by atoms with van der Waals surface area (Å²) in [6.45, 7) is 2.09. The van der Waals surface area contributed by atoms with E-state index in [0.717, 1.165) is 38.5 Å². The lowest BCUT2D eigenvalue weighted by atomic mass is 9.90. The zero-order valence-corrected chi connectivity index (χ0v) is 12.4. The van der Waals surface area contributed by atoms with Gasteiger partial charge in [0.15, 0.2) is 0 Å². The molecule has 0 aromatic carbocycles. The predicted octanol–water partition coefficient (Wildman–Crippen LogP) is 2.22. The molecule has 2 atom stereocenters. The summed E-state index contributed by atoms with van der Waals surface area (Å²) in [6.07, 6.45) is 9.75. The van der Waals surface area contributed by atoms with Crippen LogP contribution in [-0.2, 0) is 9.59 Å². The Hall–Kier alpha value is -1.06. The van der Waals surface area contributed by atoms with Crippen LogP contribution in [-0.4, -0.2) is 34.8 Å². The molecule has 4 heteroatoms. The number of carbonyl (C=O) groups excluding carboxylic acids is 2. The predicted molar refractivity (Wildman–Crippen MR) is 77.1 cm³/mol. The Kier molecular flexibility index (Phi) is 3.99. The van der Waals surface area contributed by atoms with Gasteiger partial charge in [0.05, 0.1) is 0 Å². The fourth-order valence-corrected chi connectivity index (χ4v) is 3.84. The molecule has 20 heavy (non-hydrogen) atoms. The van der Waals surface area contributed by atoms with Gasteiger partial charge in [-0.15, -0.1) is 0 Å². The van der Waals surface area contributed by atoms with E-state index in [-0.39, 0.29) is 23.9 Å².